The highest BCUT2D eigenvalue weighted by molar-refractivity contribution is 6.33. The Kier molecular flexibility index (Phi) is 2.30. The summed E-state index contributed by atoms with van der Waals surface area (Å²) in [6.45, 7) is 2.04. The van der Waals surface area contributed by atoms with Crippen molar-refractivity contribution in [3.63, 3.8) is 0 Å². The van der Waals surface area contributed by atoms with Crippen molar-refractivity contribution in [1.29, 1.82) is 0 Å². The number of benzene rings is 1. The number of imidazole rings is 1. The summed E-state index contributed by atoms with van der Waals surface area (Å²) in [5.41, 5.74) is 3.45. The van der Waals surface area contributed by atoms with E-state index in [9.17, 15) is 0 Å². The zero-order valence-corrected chi connectivity index (χ0v) is 9.86. The Morgan fingerprint density at radius 2 is 2.00 bits per heavy atom. The molecule has 17 heavy (non-hydrogen) atoms. The topological polar surface area (TPSA) is 54.5 Å². The van der Waals surface area contributed by atoms with Crippen LogP contribution in [0.15, 0.2) is 30.6 Å². The SMILES string of the molecule is Cc1ccccc1-c1nc2ncnc(Cl)c2[nH]1. The Morgan fingerprint density at radius 1 is 1.18 bits per heavy atom. The molecule has 0 atom stereocenters. The van der Waals surface area contributed by atoms with Gasteiger partial charge in [-0.05, 0) is 12.5 Å². The first kappa shape index (κ1) is 10.2. The number of H-pyrrole nitrogens is 1. The number of aryl methyl sites for hydroxylation is 1. The van der Waals surface area contributed by atoms with E-state index in [1.54, 1.807) is 0 Å². The highest BCUT2D eigenvalue weighted by atomic mass is 35.5. The molecule has 0 bridgehead atoms. The number of fused-ring (bicyclic) bond motifs is 1. The van der Waals surface area contributed by atoms with Crippen LogP contribution in [0.1, 0.15) is 5.56 Å². The number of hydrogen-bond acceptors (Lipinski definition) is 3. The van der Waals surface area contributed by atoms with Gasteiger partial charge in [0, 0.05) is 5.56 Å². The molecule has 1 N–H and O–H groups in total. The number of halogens is 1. The lowest BCUT2D eigenvalue weighted by Crippen LogP contribution is -1.84. The predicted molar refractivity (Wildman–Crippen MR) is 66.9 cm³/mol. The molecule has 0 aliphatic rings. The molecule has 0 aliphatic carbocycles. The van der Waals surface area contributed by atoms with Crippen molar-refractivity contribution in [1.82, 2.24) is 19.9 Å². The van der Waals surface area contributed by atoms with Crippen LogP contribution in [0.2, 0.25) is 5.15 Å². The zero-order chi connectivity index (χ0) is 11.8. The summed E-state index contributed by atoms with van der Waals surface area (Å²) < 4.78 is 0. The van der Waals surface area contributed by atoms with Crippen LogP contribution in [0.25, 0.3) is 22.6 Å². The van der Waals surface area contributed by atoms with Crippen LogP contribution >= 0.6 is 11.6 Å². The third-order valence-electron chi connectivity index (χ3n) is 2.64. The van der Waals surface area contributed by atoms with Gasteiger partial charge in [-0.25, -0.2) is 15.0 Å². The Hall–Kier alpha value is -1.94. The molecule has 1 aromatic carbocycles. The van der Waals surface area contributed by atoms with E-state index < -0.39 is 0 Å². The van der Waals surface area contributed by atoms with Crippen LogP contribution < -0.4 is 0 Å². The van der Waals surface area contributed by atoms with Crippen LogP contribution in [0, 0.1) is 6.92 Å². The molecule has 0 spiro atoms. The molecule has 5 heteroatoms. The Balaban J connectivity index is 2.26. The monoisotopic (exact) mass is 244 g/mol. The smallest absolute Gasteiger partial charge is 0.182 e. The predicted octanol–water partition coefficient (Wildman–Crippen LogP) is 2.98. The molecular formula is C12H9ClN4. The summed E-state index contributed by atoms with van der Waals surface area (Å²) in [5.74, 6) is 0.764. The summed E-state index contributed by atoms with van der Waals surface area (Å²) in [6.07, 6.45) is 1.41. The van der Waals surface area contributed by atoms with Crippen molar-refractivity contribution in [2.45, 2.75) is 6.92 Å². The number of rotatable bonds is 1. The van der Waals surface area contributed by atoms with E-state index in [2.05, 4.69) is 19.9 Å². The molecule has 0 amide bonds. The third-order valence-corrected chi connectivity index (χ3v) is 2.93. The van der Waals surface area contributed by atoms with Crippen molar-refractivity contribution in [2.75, 3.05) is 0 Å². The molecule has 84 valence electrons. The molecule has 3 rings (SSSR count). The molecule has 2 heterocycles. The second-order valence-corrected chi connectivity index (χ2v) is 4.12. The fourth-order valence-corrected chi connectivity index (χ4v) is 1.94. The van der Waals surface area contributed by atoms with E-state index in [0.717, 1.165) is 17.0 Å². The Labute approximate surface area is 103 Å². The summed E-state index contributed by atoms with van der Waals surface area (Å²) in [6, 6.07) is 8.02. The highest BCUT2D eigenvalue weighted by Crippen LogP contribution is 2.24. The quantitative estimate of drug-likeness (QED) is 0.670. The molecule has 4 nitrogen and oxygen atoms in total. The fraction of sp³-hybridized carbons (Fsp3) is 0.0833. The van der Waals surface area contributed by atoms with E-state index in [1.807, 2.05) is 31.2 Å². The van der Waals surface area contributed by atoms with Crippen molar-refractivity contribution in [2.24, 2.45) is 0 Å². The van der Waals surface area contributed by atoms with E-state index in [0.29, 0.717) is 16.3 Å². The lowest BCUT2D eigenvalue weighted by molar-refractivity contribution is 1.20. The van der Waals surface area contributed by atoms with E-state index in [1.165, 1.54) is 6.33 Å². The largest absolute Gasteiger partial charge is 0.334 e. The third kappa shape index (κ3) is 1.66. The van der Waals surface area contributed by atoms with Gasteiger partial charge in [0.05, 0.1) is 0 Å². The van der Waals surface area contributed by atoms with Crippen LogP contribution in [-0.2, 0) is 0 Å². The standard InChI is InChI=1S/C12H9ClN4/c1-7-4-2-3-5-8(7)11-16-9-10(13)14-6-15-12(9)17-11/h2-6H,1H3,(H,14,15,16,17). The van der Waals surface area contributed by atoms with Gasteiger partial charge in [-0.3, -0.25) is 0 Å². The normalized spacial score (nSPS) is 10.9. The Bertz CT molecular complexity index is 690. The minimum Gasteiger partial charge on any atom is -0.334 e. The van der Waals surface area contributed by atoms with Gasteiger partial charge in [-0.1, -0.05) is 35.9 Å². The average Bonchev–Trinajstić information content (AvgIpc) is 2.75. The van der Waals surface area contributed by atoms with Crippen molar-refractivity contribution >= 4 is 22.8 Å². The number of hydrogen-bond donors (Lipinski definition) is 1. The molecular weight excluding hydrogens is 236 g/mol. The molecule has 2 aromatic heterocycles. The van der Waals surface area contributed by atoms with Crippen molar-refractivity contribution in [3.8, 4) is 11.4 Å². The molecule has 0 unspecified atom stereocenters. The summed E-state index contributed by atoms with van der Waals surface area (Å²) in [5, 5.41) is 0.391. The van der Waals surface area contributed by atoms with E-state index in [4.69, 9.17) is 11.6 Å². The van der Waals surface area contributed by atoms with Gasteiger partial charge in [0.2, 0.25) is 0 Å². The van der Waals surface area contributed by atoms with Crippen molar-refractivity contribution < 1.29 is 0 Å². The van der Waals surface area contributed by atoms with Gasteiger partial charge in [0.25, 0.3) is 0 Å². The first-order chi connectivity index (χ1) is 8.25. The molecule has 0 saturated heterocycles. The number of nitrogens with zero attached hydrogens (tertiary/aromatic N) is 3. The minimum atomic E-state index is 0.391. The van der Waals surface area contributed by atoms with Gasteiger partial charge >= 0.3 is 0 Å². The van der Waals surface area contributed by atoms with Gasteiger partial charge in [-0.2, -0.15) is 0 Å². The van der Waals surface area contributed by atoms with E-state index in [-0.39, 0.29) is 0 Å². The first-order valence-corrected chi connectivity index (χ1v) is 5.56. The first-order valence-electron chi connectivity index (χ1n) is 5.18. The molecule has 3 aromatic rings. The minimum absolute atomic E-state index is 0.391. The molecule has 0 fully saturated rings. The maximum atomic E-state index is 5.98. The van der Waals surface area contributed by atoms with E-state index >= 15 is 0 Å². The second-order valence-electron chi connectivity index (χ2n) is 3.76. The molecule has 0 saturated carbocycles. The lowest BCUT2D eigenvalue weighted by Gasteiger charge is -2.00. The highest BCUT2D eigenvalue weighted by Gasteiger charge is 2.10. The van der Waals surface area contributed by atoms with Crippen LogP contribution in [0.5, 0.6) is 0 Å². The van der Waals surface area contributed by atoms with Crippen LogP contribution in [-0.4, -0.2) is 19.9 Å². The van der Waals surface area contributed by atoms with Gasteiger partial charge < -0.3 is 4.98 Å². The Morgan fingerprint density at radius 3 is 2.76 bits per heavy atom. The fourth-order valence-electron chi connectivity index (χ4n) is 1.77. The van der Waals surface area contributed by atoms with Crippen LogP contribution in [0.4, 0.5) is 0 Å². The van der Waals surface area contributed by atoms with Crippen molar-refractivity contribution in [3.05, 3.63) is 41.3 Å². The number of aromatic nitrogens is 4. The second kappa shape index (κ2) is 3.82. The van der Waals surface area contributed by atoms with Gasteiger partial charge in [0.1, 0.15) is 17.7 Å². The average molecular weight is 245 g/mol. The number of aromatic amines is 1. The van der Waals surface area contributed by atoms with Gasteiger partial charge in [0.15, 0.2) is 10.8 Å². The summed E-state index contributed by atoms with van der Waals surface area (Å²) >= 11 is 5.98. The maximum Gasteiger partial charge on any atom is 0.182 e. The lowest BCUT2D eigenvalue weighted by atomic mass is 10.1. The molecule has 0 radical (unpaired) electrons. The summed E-state index contributed by atoms with van der Waals surface area (Å²) in [4.78, 5) is 15.6. The van der Waals surface area contributed by atoms with Gasteiger partial charge in [-0.15, -0.1) is 0 Å². The zero-order valence-electron chi connectivity index (χ0n) is 9.11. The molecule has 0 aliphatic heterocycles. The van der Waals surface area contributed by atoms with Crippen LogP contribution in [0.3, 0.4) is 0 Å². The summed E-state index contributed by atoms with van der Waals surface area (Å²) in [7, 11) is 0. The maximum absolute atomic E-state index is 5.98. The number of nitrogens with one attached hydrogen (secondary N) is 1.